The van der Waals surface area contributed by atoms with E-state index in [2.05, 4.69) is 38.1 Å². The Bertz CT molecular complexity index is 548. The lowest BCUT2D eigenvalue weighted by Gasteiger charge is -2.54. The van der Waals surface area contributed by atoms with E-state index >= 15 is 0 Å². The molecular weight excluding hydrogens is 334 g/mol. The maximum absolute atomic E-state index is 13.0. The lowest BCUT2D eigenvalue weighted by atomic mass is 9.50. The lowest BCUT2D eigenvalue weighted by Crippen LogP contribution is -2.48. The number of aliphatic imine (C=N–C) groups is 1. The number of Topliss-reactive ketones (excluding diaryl/α,β-unsaturated/α-hetero) is 1. The summed E-state index contributed by atoms with van der Waals surface area (Å²) >= 11 is 0. The summed E-state index contributed by atoms with van der Waals surface area (Å²) in [6, 6.07) is 0. The summed E-state index contributed by atoms with van der Waals surface area (Å²) in [5.74, 6) is 10.6. The van der Waals surface area contributed by atoms with Crippen LogP contribution in [-0.4, -0.2) is 18.7 Å². The molecule has 0 bridgehead atoms. The number of nitrogens with two attached hydrogens (primary N) is 1. The van der Waals surface area contributed by atoms with Gasteiger partial charge in [-0.1, -0.05) is 47.0 Å². The van der Waals surface area contributed by atoms with Crippen molar-refractivity contribution in [2.75, 3.05) is 6.54 Å². The van der Waals surface area contributed by atoms with Gasteiger partial charge in [-0.05, 0) is 73.0 Å². The van der Waals surface area contributed by atoms with Crippen molar-refractivity contribution in [3.05, 3.63) is 0 Å². The lowest BCUT2D eigenvalue weighted by molar-refractivity contribution is -0.129. The van der Waals surface area contributed by atoms with Crippen molar-refractivity contribution in [2.24, 2.45) is 57.7 Å². The number of fused-ring (bicyclic) bond motifs is 3. The first-order valence-corrected chi connectivity index (χ1v) is 11.4. The number of hydrazine groups is 1. The third-order valence-electron chi connectivity index (χ3n) is 8.77. The standard InChI is InChI=1S/C23H41N3O/c1-5-7-17-16(6-2)8-9-19-18(17)10-11-23(4)20(19)12-15(3)22(23)21(27)13-25-14-26-24/h14-20,22H,5-13,24H2,1-4H3,(H,25,26). The van der Waals surface area contributed by atoms with Gasteiger partial charge in [-0.2, -0.15) is 0 Å². The van der Waals surface area contributed by atoms with E-state index < -0.39 is 0 Å². The summed E-state index contributed by atoms with van der Waals surface area (Å²) in [6.07, 6.45) is 12.1. The Labute approximate surface area is 166 Å². The fourth-order valence-corrected chi connectivity index (χ4v) is 7.86. The van der Waals surface area contributed by atoms with Crippen molar-refractivity contribution in [1.82, 2.24) is 5.43 Å². The molecule has 8 atom stereocenters. The van der Waals surface area contributed by atoms with Crippen molar-refractivity contribution in [3.63, 3.8) is 0 Å². The molecule has 0 aliphatic heterocycles. The largest absolute Gasteiger partial charge is 0.315 e. The van der Waals surface area contributed by atoms with Gasteiger partial charge in [0.15, 0.2) is 5.78 Å². The smallest absolute Gasteiger partial charge is 0.158 e. The van der Waals surface area contributed by atoms with Gasteiger partial charge in [0.25, 0.3) is 0 Å². The van der Waals surface area contributed by atoms with E-state index in [-0.39, 0.29) is 17.9 Å². The normalized spacial score (nSPS) is 44.1. The summed E-state index contributed by atoms with van der Waals surface area (Å²) in [5, 5.41) is 0. The predicted molar refractivity (Wildman–Crippen MR) is 112 cm³/mol. The molecule has 8 unspecified atom stereocenters. The Morgan fingerprint density at radius 1 is 1.26 bits per heavy atom. The Hall–Kier alpha value is -0.900. The number of nitrogens with zero attached hydrogens (tertiary/aromatic N) is 1. The van der Waals surface area contributed by atoms with Gasteiger partial charge in [0.2, 0.25) is 0 Å². The summed E-state index contributed by atoms with van der Waals surface area (Å²) < 4.78 is 0. The summed E-state index contributed by atoms with van der Waals surface area (Å²) in [5.41, 5.74) is 2.59. The van der Waals surface area contributed by atoms with Crippen LogP contribution in [0.2, 0.25) is 0 Å². The first-order valence-electron chi connectivity index (χ1n) is 11.4. The Morgan fingerprint density at radius 2 is 2.04 bits per heavy atom. The van der Waals surface area contributed by atoms with Crippen LogP contribution in [0.3, 0.4) is 0 Å². The average Bonchev–Trinajstić information content (AvgIpc) is 2.92. The van der Waals surface area contributed by atoms with Gasteiger partial charge in [-0.25, -0.2) is 5.84 Å². The molecule has 4 nitrogen and oxygen atoms in total. The van der Waals surface area contributed by atoms with E-state index in [0.29, 0.717) is 11.7 Å². The number of ketones is 1. The Morgan fingerprint density at radius 3 is 2.70 bits per heavy atom. The number of nitrogens with one attached hydrogen (secondary N) is 1. The third kappa shape index (κ3) is 3.71. The van der Waals surface area contributed by atoms with E-state index in [1.165, 1.54) is 57.7 Å². The van der Waals surface area contributed by atoms with Crippen molar-refractivity contribution in [3.8, 4) is 0 Å². The zero-order chi connectivity index (χ0) is 19.6. The molecule has 0 saturated heterocycles. The van der Waals surface area contributed by atoms with Crippen LogP contribution in [0.15, 0.2) is 4.99 Å². The average molecular weight is 376 g/mol. The van der Waals surface area contributed by atoms with Crippen LogP contribution >= 0.6 is 0 Å². The van der Waals surface area contributed by atoms with Gasteiger partial charge in [-0.15, -0.1) is 0 Å². The monoisotopic (exact) mass is 375 g/mol. The van der Waals surface area contributed by atoms with E-state index in [9.17, 15) is 4.79 Å². The van der Waals surface area contributed by atoms with Crippen LogP contribution < -0.4 is 11.3 Å². The molecule has 154 valence electrons. The zero-order valence-electron chi connectivity index (χ0n) is 17.9. The summed E-state index contributed by atoms with van der Waals surface area (Å²) in [7, 11) is 0. The number of hydrogen-bond donors (Lipinski definition) is 2. The second kappa shape index (κ2) is 8.63. The molecule has 0 radical (unpaired) electrons. The van der Waals surface area contributed by atoms with Crippen LogP contribution in [0.1, 0.15) is 79.1 Å². The molecular formula is C23H41N3O. The van der Waals surface area contributed by atoms with E-state index in [4.69, 9.17) is 5.84 Å². The van der Waals surface area contributed by atoms with Crippen LogP contribution in [0, 0.1) is 46.8 Å². The highest BCUT2D eigenvalue weighted by Gasteiger charge is 2.59. The molecule has 0 aromatic carbocycles. The Kier molecular flexibility index (Phi) is 6.66. The SMILES string of the molecule is CCCC1C(CC)CCC2C1CCC1(C)C2CC(C)C1C(=O)CN=CNN. The highest BCUT2D eigenvalue weighted by Crippen LogP contribution is 2.65. The van der Waals surface area contributed by atoms with Crippen LogP contribution in [0.5, 0.6) is 0 Å². The van der Waals surface area contributed by atoms with Gasteiger partial charge in [0.1, 0.15) is 0 Å². The minimum atomic E-state index is 0.173. The molecule has 3 aliphatic carbocycles. The van der Waals surface area contributed by atoms with E-state index in [0.717, 1.165) is 29.6 Å². The molecule has 0 aromatic heterocycles. The number of hydrogen-bond acceptors (Lipinski definition) is 3. The molecule has 0 amide bonds. The van der Waals surface area contributed by atoms with Crippen molar-refractivity contribution in [1.29, 1.82) is 0 Å². The Balaban J connectivity index is 1.80. The molecule has 3 aliphatic rings. The zero-order valence-corrected chi connectivity index (χ0v) is 17.9. The van der Waals surface area contributed by atoms with Crippen LogP contribution in [0.4, 0.5) is 0 Å². The fraction of sp³-hybridized carbons (Fsp3) is 0.913. The van der Waals surface area contributed by atoms with Gasteiger partial charge in [-0.3, -0.25) is 9.79 Å². The molecule has 3 fully saturated rings. The second-order valence-corrected chi connectivity index (χ2v) is 9.97. The summed E-state index contributed by atoms with van der Waals surface area (Å²) in [6.45, 7) is 9.76. The van der Waals surface area contributed by atoms with Crippen molar-refractivity contribution in [2.45, 2.75) is 79.1 Å². The highest BCUT2D eigenvalue weighted by molar-refractivity contribution is 5.85. The molecule has 3 N–H and O–H groups in total. The molecule has 4 heteroatoms. The molecule has 3 saturated carbocycles. The molecule has 27 heavy (non-hydrogen) atoms. The summed E-state index contributed by atoms with van der Waals surface area (Å²) in [4.78, 5) is 17.2. The highest BCUT2D eigenvalue weighted by atomic mass is 16.1. The number of rotatable bonds is 7. The van der Waals surface area contributed by atoms with Crippen molar-refractivity contribution < 1.29 is 4.79 Å². The predicted octanol–water partition coefficient (Wildman–Crippen LogP) is 4.59. The number of carbonyl (C=O) groups excluding carboxylic acids is 1. The topological polar surface area (TPSA) is 67.5 Å². The first-order chi connectivity index (χ1) is 13.0. The maximum Gasteiger partial charge on any atom is 0.158 e. The van der Waals surface area contributed by atoms with Crippen molar-refractivity contribution >= 4 is 12.1 Å². The van der Waals surface area contributed by atoms with E-state index in [1.807, 2.05) is 0 Å². The van der Waals surface area contributed by atoms with E-state index in [1.54, 1.807) is 0 Å². The van der Waals surface area contributed by atoms with Gasteiger partial charge < -0.3 is 5.43 Å². The van der Waals surface area contributed by atoms with Crippen LogP contribution in [-0.2, 0) is 4.79 Å². The first kappa shape index (κ1) is 20.8. The molecule has 3 rings (SSSR count). The second-order valence-electron chi connectivity index (χ2n) is 9.97. The van der Waals surface area contributed by atoms with Gasteiger partial charge in [0.05, 0.1) is 12.9 Å². The third-order valence-corrected chi connectivity index (χ3v) is 8.77. The minimum Gasteiger partial charge on any atom is -0.315 e. The fourth-order valence-electron chi connectivity index (χ4n) is 7.86. The molecule has 0 aromatic rings. The minimum absolute atomic E-state index is 0.173. The molecule has 0 heterocycles. The quantitative estimate of drug-likeness (QED) is 0.296. The number of carbonyl (C=O) groups is 1. The van der Waals surface area contributed by atoms with Gasteiger partial charge >= 0.3 is 0 Å². The van der Waals surface area contributed by atoms with Gasteiger partial charge in [0, 0.05) is 5.92 Å². The van der Waals surface area contributed by atoms with Crippen LogP contribution in [0.25, 0.3) is 0 Å². The maximum atomic E-state index is 13.0. The molecule has 0 spiro atoms.